The number of ether oxygens (including phenoxy) is 1. The Morgan fingerprint density at radius 2 is 2.00 bits per heavy atom. The van der Waals surface area contributed by atoms with Crippen molar-refractivity contribution in [1.82, 2.24) is 10.2 Å². The number of nitrogens with one attached hydrogen (secondary N) is 1. The van der Waals surface area contributed by atoms with Crippen molar-refractivity contribution in [2.24, 2.45) is 0 Å². The molecule has 1 aliphatic rings. The summed E-state index contributed by atoms with van der Waals surface area (Å²) in [6.07, 6.45) is 4.71. The van der Waals surface area contributed by atoms with Gasteiger partial charge in [-0.2, -0.15) is 0 Å². The molecule has 0 saturated heterocycles. The average Bonchev–Trinajstić information content (AvgIpc) is 2.35. The standard InChI is InChI=1S/C12H24N2O2/c1-4-14(3)12(15)9-16-11-7-5-10(13-2)6-8-11/h10-11,13H,4-9H2,1-3H3/t10-,11-. The van der Waals surface area contributed by atoms with Gasteiger partial charge in [0.25, 0.3) is 0 Å². The van der Waals surface area contributed by atoms with Crippen molar-refractivity contribution < 1.29 is 9.53 Å². The maximum atomic E-state index is 11.5. The van der Waals surface area contributed by atoms with Gasteiger partial charge in [-0.1, -0.05) is 0 Å². The smallest absolute Gasteiger partial charge is 0.248 e. The third kappa shape index (κ3) is 4.10. The highest BCUT2D eigenvalue weighted by Crippen LogP contribution is 2.20. The second-order valence-corrected chi connectivity index (χ2v) is 4.48. The summed E-state index contributed by atoms with van der Waals surface area (Å²) in [5.74, 6) is 0.0817. The summed E-state index contributed by atoms with van der Waals surface area (Å²) in [4.78, 5) is 13.2. The van der Waals surface area contributed by atoms with Gasteiger partial charge in [0.05, 0.1) is 6.10 Å². The Balaban J connectivity index is 2.17. The van der Waals surface area contributed by atoms with E-state index in [1.54, 1.807) is 4.90 Å². The van der Waals surface area contributed by atoms with E-state index >= 15 is 0 Å². The van der Waals surface area contributed by atoms with E-state index in [1.165, 1.54) is 0 Å². The van der Waals surface area contributed by atoms with Crippen LogP contribution in [0.15, 0.2) is 0 Å². The van der Waals surface area contributed by atoms with Crippen LogP contribution >= 0.6 is 0 Å². The molecule has 0 aromatic rings. The number of rotatable bonds is 5. The number of hydrogen-bond acceptors (Lipinski definition) is 3. The Labute approximate surface area is 98.3 Å². The Kier molecular flexibility index (Phi) is 5.77. The highest BCUT2D eigenvalue weighted by atomic mass is 16.5. The van der Waals surface area contributed by atoms with Gasteiger partial charge in [-0.15, -0.1) is 0 Å². The fourth-order valence-electron chi connectivity index (χ4n) is 1.99. The first-order chi connectivity index (χ1) is 7.67. The minimum Gasteiger partial charge on any atom is -0.368 e. The van der Waals surface area contributed by atoms with Gasteiger partial charge in [-0.05, 0) is 39.7 Å². The molecule has 0 aromatic carbocycles. The minimum absolute atomic E-state index is 0.0817. The molecule has 0 radical (unpaired) electrons. The minimum atomic E-state index is 0.0817. The first kappa shape index (κ1) is 13.5. The molecule has 0 aromatic heterocycles. The van der Waals surface area contributed by atoms with Gasteiger partial charge in [0.2, 0.25) is 5.91 Å². The molecule has 1 N–H and O–H groups in total. The molecular weight excluding hydrogens is 204 g/mol. The van der Waals surface area contributed by atoms with E-state index in [1.807, 2.05) is 21.0 Å². The first-order valence-corrected chi connectivity index (χ1v) is 6.20. The highest BCUT2D eigenvalue weighted by Gasteiger charge is 2.21. The summed E-state index contributed by atoms with van der Waals surface area (Å²) in [6.45, 7) is 2.95. The SMILES string of the molecule is CCN(C)C(=O)CO[C@H]1CC[C@H](NC)CC1. The summed E-state index contributed by atoms with van der Waals surface area (Å²) in [5.41, 5.74) is 0. The number of nitrogens with zero attached hydrogens (tertiary/aromatic N) is 1. The quantitative estimate of drug-likeness (QED) is 0.763. The zero-order valence-electron chi connectivity index (χ0n) is 10.7. The van der Waals surface area contributed by atoms with Crippen LogP contribution in [0.5, 0.6) is 0 Å². The maximum absolute atomic E-state index is 11.5. The molecule has 1 fully saturated rings. The third-order valence-corrected chi connectivity index (χ3v) is 3.43. The van der Waals surface area contributed by atoms with Crippen molar-refractivity contribution in [3.8, 4) is 0 Å². The topological polar surface area (TPSA) is 41.6 Å². The number of carbonyl (C=O) groups is 1. The van der Waals surface area contributed by atoms with Crippen LogP contribution in [0, 0.1) is 0 Å². The van der Waals surface area contributed by atoms with E-state index in [0.717, 1.165) is 32.2 Å². The van der Waals surface area contributed by atoms with Crippen molar-refractivity contribution in [2.45, 2.75) is 44.8 Å². The lowest BCUT2D eigenvalue weighted by Crippen LogP contribution is -2.36. The summed E-state index contributed by atoms with van der Waals surface area (Å²) in [6, 6.07) is 0.633. The number of likely N-dealkylation sites (N-methyl/N-ethyl adjacent to an activating group) is 1. The zero-order chi connectivity index (χ0) is 12.0. The maximum Gasteiger partial charge on any atom is 0.248 e. The van der Waals surface area contributed by atoms with Crippen molar-refractivity contribution in [2.75, 3.05) is 27.2 Å². The van der Waals surface area contributed by atoms with E-state index in [2.05, 4.69) is 5.32 Å². The molecule has 0 aliphatic heterocycles. The first-order valence-electron chi connectivity index (χ1n) is 6.20. The van der Waals surface area contributed by atoms with Gasteiger partial charge in [-0.25, -0.2) is 0 Å². The van der Waals surface area contributed by atoms with E-state index in [-0.39, 0.29) is 18.6 Å². The van der Waals surface area contributed by atoms with Gasteiger partial charge < -0.3 is 15.0 Å². The van der Waals surface area contributed by atoms with Gasteiger partial charge >= 0.3 is 0 Å². The Morgan fingerprint density at radius 3 is 2.50 bits per heavy atom. The lowest BCUT2D eigenvalue weighted by molar-refractivity contribution is -0.137. The fourth-order valence-corrected chi connectivity index (χ4v) is 1.99. The van der Waals surface area contributed by atoms with Crippen LogP contribution in [0.25, 0.3) is 0 Å². The molecule has 16 heavy (non-hydrogen) atoms. The van der Waals surface area contributed by atoms with Crippen molar-refractivity contribution in [3.05, 3.63) is 0 Å². The van der Waals surface area contributed by atoms with E-state index in [4.69, 9.17) is 4.74 Å². The summed E-state index contributed by atoms with van der Waals surface area (Å²) in [7, 11) is 3.81. The molecule has 0 atom stereocenters. The fraction of sp³-hybridized carbons (Fsp3) is 0.917. The van der Waals surface area contributed by atoms with Gasteiger partial charge in [0.1, 0.15) is 6.61 Å². The molecule has 0 unspecified atom stereocenters. The van der Waals surface area contributed by atoms with Crippen LogP contribution in [0.3, 0.4) is 0 Å². The predicted molar refractivity (Wildman–Crippen MR) is 64.4 cm³/mol. The Hall–Kier alpha value is -0.610. The number of hydrogen-bond donors (Lipinski definition) is 1. The van der Waals surface area contributed by atoms with Crippen LogP contribution < -0.4 is 5.32 Å². The Morgan fingerprint density at radius 1 is 1.38 bits per heavy atom. The van der Waals surface area contributed by atoms with Gasteiger partial charge in [0.15, 0.2) is 0 Å². The monoisotopic (exact) mass is 228 g/mol. The van der Waals surface area contributed by atoms with Gasteiger partial charge in [-0.3, -0.25) is 4.79 Å². The van der Waals surface area contributed by atoms with Crippen molar-refractivity contribution >= 4 is 5.91 Å². The molecule has 1 aliphatic carbocycles. The molecule has 0 bridgehead atoms. The van der Waals surface area contributed by atoms with E-state index < -0.39 is 0 Å². The highest BCUT2D eigenvalue weighted by molar-refractivity contribution is 5.77. The molecule has 94 valence electrons. The number of amides is 1. The largest absolute Gasteiger partial charge is 0.368 e. The molecule has 4 heteroatoms. The van der Waals surface area contributed by atoms with E-state index in [9.17, 15) is 4.79 Å². The average molecular weight is 228 g/mol. The molecule has 0 heterocycles. The Bertz CT molecular complexity index is 213. The lowest BCUT2D eigenvalue weighted by Gasteiger charge is -2.28. The van der Waals surface area contributed by atoms with Crippen LogP contribution in [-0.2, 0) is 9.53 Å². The zero-order valence-corrected chi connectivity index (χ0v) is 10.7. The second kappa shape index (κ2) is 6.86. The van der Waals surface area contributed by atoms with Crippen LogP contribution in [0.1, 0.15) is 32.6 Å². The second-order valence-electron chi connectivity index (χ2n) is 4.48. The summed E-state index contributed by atoms with van der Waals surface area (Å²) in [5, 5.41) is 3.29. The molecule has 1 rings (SSSR count). The molecular formula is C12H24N2O2. The summed E-state index contributed by atoms with van der Waals surface area (Å²) >= 11 is 0. The normalized spacial score (nSPS) is 25.4. The van der Waals surface area contributed by atoms with Crippen LogP contribution in [0.4, 0.5) is 0 Å². The summed E-state index contributed by atoms with van der Waals surface area (Å²) < 4.78 is 5.64. The molecule has 4 nitrogen and oxygen atoms in total. The molecule has 0 spiro atoms. The van der Waals surface area contributed by atoms with E-state index in [0.29, 0.717) is 6.04 Å². The lowest BCUT2D eigenvalue weighted by atomic mass is 9.93. The van der Waals surface area contributed by atoms with Crippen molar-refractivity contribution in [1.29, 1.82) is 0 Å². The van der Waals surface area contributed by atoms with Crippen LogP contribution in [0.2, 0.25) is 0 Å². The third-order valence-electron chi connectivity index (χ3n) is 3.43. The molecule has 1 amide bonds. The van der Waals surface area contributed by atoms with Crippen molar-refractivity contribution in [3.63, 3.8) is 0 Å². The number of carbonyl (C=O) groups excluding carboxylic acids is 1. The van der Waals surface area contributed by atoms with Crippen LogP contribution in [-0.4, -0.2) is 50.2 Å². The molecule has 1 saturated carbocycles. The van der Waals surface area contributed by atoms with Gasteiger partial charge in [0, 0.05) is 19.6 Å². The predicted octanol–water partition coefficient (Wildman–Crippen LogP) is 1.01.